The van der Waals surface area contributed by atoms with Crippen LogP contribution >= 0.6 is 0 Å². The van der Waals surface area contributed by atoms with Gasteiger partial charge in [-0.2, -0.15) is 0 Å². The summed E-state index contributed by atoms with van der Waals surface area (Å²) in [5.74, 6) is 0. The normalized spacial score (nSPS) is 16.7. The van der Waals surface area contributed by atoms with Crippen LogP contribution in [0.2, 0.25) is 98.2 Å². The van der Waals surface area contributed by atoms with E-state index in [9.17, 15) is 0 Å². The maximum Gasteiger partial charge on any atom is 0.208 e. The highest BCUT2D eigenvalue weighted by atomic mass is 30.2. The third-order valence-electron chi connectivity index (χ3n) is 7.88. The van der Waals surface area contributed by atoms with Gasteiger partial charge < -0.3 is 4.11 Å². The Morgan fingerprint density at radius 2 is 0.478 bits per heavy atom. The Labute approximate surface area is 153 Å². The Hall–Kier alpha value is 1.45. The van der Waals surface area contributed by atoms with Crippen molar-refractivity contribution in [3.63, 3.8) is 0 Å². The van der Waals surface area contributed by atoms with E-state index in [1.165, 1.54) is 0 Å². The van der Waals surface area contributed by atoms with Crippen LogP contribution in [0.4, 0.5) is 4.11 Å². The Bertz CT molecular complexity index is 365. The number of rotatable bonds is 6. The van der Waals surface area contributed by atoms with E-state index in [1.807, 2.05) is 0 Å². The predicted octanol–water partition coefficient (Wildman–Crippen LogP) is 6.51. The lowest BCUT2D eigenvalue weighted by Crippen LogP contribution is -2.95. The van der Waals surface area contributed by atoms with Crippen molar-refractivity contribution in [3.8, 4) is 0 Å². The summed E-state index contributed by atoms with van der Waals surface area (Å²) in [6.45, 7) is 33.9. The topological polar surface area (TPSA) is 0 Å². The molecule has 0 aromatic rings. The van der Waals surface area contributed by atoms with Crippen LogP contribution in [0.1, 0.15) is 0 Å². The van der Waals surface area contributed by atoms with Gasteiger partial charge in [0.25, 0.3) is 0 Å². The van der Waals surface area contributed by atoms with Crippen LogP contribution in [0.3, 0.4) is 0 Å². The summed E-state index contributed by atoms with van der Waals surface area (Å²) >= 11 is 0. The molecular formula is C15H45FSi7. The third kappa shape index (κ3) is 3.51. The monoisotopic (exact) mass is 440 g/mol. The maximum atomic E-state index is 17.6. The minimum atomic E-state index is -2.73. The van der Waals surface area contributed by atoms with Gasteiger partial charge in [0.2, 0.25) is 7.44 Å². The van der Waals surface area contributed by atoms with Gasteiger partial charge in [0.05, 0.1) is 13.3 Å². The first-order valence-corrected chi connectivity index (χ1v) is 36.6. The summed E-state index contributed by atoms with van der Waals surface area (Å²) < 4.78 is 17.6. The molecule has 0 bridgehead atoms. The van der Waals surface area contributed by atoms with E-state index in [0.29, 0.717) is 0 Å². The molecule has 0 unspecified atom stereocenters. The van der Waals surface area contributed by atoms with Crippen molar-refractivity contribution in [2.75, 3.05) is 0 Å². The van der Waals surface area contributed by atoms with E-state index in [-0.39, 0.29) is 0 Å². The lowest BCUT2D eigenvalue weighted by molar-refractivity contribution is 0.848. The molecule has 8 heteroatoms. The molecule has 0 nitrogen and oxygen atoms in total. The molecule has 0 aliphatic rings. The van der Waals surface area contributed by atoms with Gasteiger partial charge in [-0.05, 0) is 6.55 Å². The molecule has 0 heterocycles. The van der Waals surface area contributed by atoms with E-state index in [2.05, 4.69) is 98.2 Å². The molecule has 0 spiro atoms. The fraction of sp³-hybridized carbons (Fsp3) is 1.00. The molecule has 0 rings (SSSR count). The molecule has 0 N–H and O–H groups in total. The number of halogens is 1. The fourth-order valence-corrected chi connectivity index (χ4v) is 231. The zero-order chi connectivity index (χ0) is 19.5. The lowest BCUT2D eigenvalue weighted by Gasteiger charge is -2.64. The summed E-state index contributed by atoms with van der Waals surface area (Å²) in [5.41, 5.74) is 0. The molecule has 23 heavy (non-hydrogen) atoms. The van der Waals surface area contributed by atoms with E-state index < -0.39 is 51.1 Å². The van der Waals surface area contributed by atoms with Gasteiger partial charge >= 0.3 is 0 Å². The second kappa shape index (κ2) is 6.26. The molecule has 0 aromatic heterocycles. The molecule has 0 saturated carbocycles. The molecule has 0 aliphatic carbocycles. The summed E-state index contributed by atoms with van der Waals surface area (Å²) in [4.78, 5) is 0. The molecule has 0 aliphatic heterocycles. The number of hydrogen-bond donors (Lipinski definition) is 0. The highest BCUT2D eigenvalue weighted by Crippen LogP contribution is 2.47. The van der Waals surface area contributed by atoms with Gasteiger partial charge in [-0.15, -0.1) is 0 Å². The van der Waals surface area contributed by atoms with Crippen molar-refractivity contribution in [1.82, 2.24) is 0 Å². The van der Waals surface area contributed by atoms with Crippen molar-refractivity contribution < 1.29 is 4.11 Å². The molecule has 0 aromatic carbocycles. The zero-order valence-electron chi connectivity index (χ0n) is 18.9. The highest BCUT2D eigenvalue weighted by molar-refractivity contribution is 8.08. The summed E-state index contributed by atoms with van der Waals surface area (Å²) in [5, 5.41) is 0. The van der Waals surface area contributed by atoms with Gasteiger partial charge in [0, 0.05) is 30.4 Å². The average molecular weight is 441 g/mol. The first kappa shape index (κ1) is 24.4. The first-order valence-electron chi connectivity index (χ1n) is 9.19. The van der Waals surface area contributed by atoms with Gasteiger partial charge in [-0.1, -0.05) is 91.7 Å². The van der Waals surface area contributed by atoms with Crippen molar-refractivity contribution in [2.24, 2.45) is 0 Å². The quantitative estimate of drug-likeness (QED) is 0.326. The van der Waals surface area contributed by atoms with Gasteiger partial charge in [0.15, 0.2) is 0 Å². The molecule has 0 saturated heterocycles. The van der Waals surface area contributed by atoms with Gasteiger partial charge in [-0.3, -0.25) is 0 Å². The smallest absolute Gasteiger partial charge is 0.208 e. The SMILES string of the molecule is C[Si](C)(C)[Si](C)([Si](C)(C)C)[Si](C)(F)[Si](C)([Si](C)(C)C)[Si](C)(C)C. The molecule has 0 amide bonds. The van der Waals surface area contributed by atoms with Crippen LogP contribution in [0.15, 0.2) is 0 Å². The first-order chi connectivity index (χ1) is 9.50. The van der Waals surface area contributed by atoms with Crippen molar-refractivity contribution in [1.29, 1.82) is 0 Å². The minimum absolute atomic E-state index is 1.48. The van der Waals surface area contributed by atoms with Gasteiger partial charge in [-0.25, -0.2) is 0 Å². The highest BCUT2D eigenvalue weighted by Gasteiger charge is 2.75. The molecule has 0 atom stereocenters. The van der Waals surface area contributed by atoms with Crippen molar-refractivity contribution >= 4 is 51.1 Å². The molecular weight excluding hydrogens is 396 g/mol. The van der Waals surface area contributed by atoms with Crippen LogP contribution in [0.25, 0.3) is 0 Å². The minimum Gasteiger partial charge on any atom is -0.323 e. The average Bonchev–Trinajstić information content (AvgIpc) is 2.19. The maximum absolute atomic E-state index is 17.6. The standard InChI is InChI=1S/C15H45FSi7/c1-17(2,3)22(14,18(4,5)6)21(13,16)23(15,19(7,8)9)20(10,11)12/h1-15H3. The summed E-state index contributed by atoms with van der Waals surface area (Å²) in [6, 6.07) is 0. The zero-order valence-corrected chi connectivity index (χ0v) is 25.9. The second-order valence-electron chi connectivity index (χ2n) is 12.3. The Morgan fingerprint density at radius 1 is 0.348 bits per heavy atom. The third-order valence-corrected chi connectivity index (χ3v) is 160. The summed E-state index contributed by atoms with van der Waals surface area (Å²) in [6.07, 6.45) is 0. The van der Waals surface area contributed by atoms with Crippen molar-refractivity contribution in [2.45, 2.75) is 98.2 Å². The largest absolute Gasteiger partial charge is 0.323 e. The van der Waals surface area contributed by atoms with E-state index in [0.717, 1.165) is 0 Å². The van der Waals surface area contributed by atoms with Crippen LogP contribution in [-0.4, -0.2) is 51.1 Å². The fourth-order valence-electron chi connectivity index (χ4n) is 5.57. The van der Waals surface area contributed by atoms with Crippen molar-refractivity contribution in [3.05, 3.63) is 0 Å². The van der Waals surface area contributed by atoms with E-state index in [1.54, 1.807) is 0 Å². The Kier molecular flexibility index (Phi) is 6.65. The molecule has 140 valence electrons. The molecule has 0 fully saturated rings. The summed E-state index contributed by atoms with van der Waals surface area (Å²) in [7, 11) is -8.66. The second-order valence-corrected chi connectivity index (χ2v) is 88.9. The Morgan fingerprint density at radius 3 is 0.565 bits per heavy atom. The lowest BCUT2D eigenvalue weighted by atomic mass is 11.8. The van der Waals surface area contributed by atoms with Crippen LogP contribution < -0.4 is 0 Å². The number of hydrogen-bond acceptors (Lipinski definition) is 0. The van der Waals surface area contributed by atoms with E-state index in [4.69, 9.17) is 0 Å². The van der Waals surface area contributed by atoms with Crippen LogP contribution in [-0.2, 0) is 0 Å². The van der Waals surface area contributed by atoms with E-state index >= 15 is 4.11 Å². The van der Waals surface area contributed by atoms with Crippen LogP contribution in [0.5, 0.6) is 0 Å². The molecule has 0 radical (unpaired) electrons. The predicted molar refractivity (Wildman–Crippen MR) is 129 cm³/mol. The Balaban J connectivity index is 6.94. The van der Waals surface area contributed by atoms with Crippen LogP contribution in [0, 0.1) is 0 Å². The van der Waals surface area contributed by atoms with Gasteiger partial charge in [0.1, 0.15) is 0 Å².